The third kappa shape index (κ3) is 2.98. The van der Waals surface area contributed by atoms with Gasteiger partial charge in [0.05, 0.1) is 15.6 Å². The highest BCUT2D eigenvalue weighted by Crippen LogP contribution is 2.27. The standard InChI is InChI=1S/C14H11Cl2N3/c1-19(14-10(8-17)5-3-7-18-14)9-11-4-2-6-12(15)13(11)16/h2-7H,9H2,1H3. The molecule has 1 aromatic carbocycles. The van der Waals surface area contributed by atoms with Gasteiger partial charge in [0, 0.05) is 19.8 Å². The molecule has 0 aliphatic rings. The highest BCUT2D eigenvalue weighted by Gasteiger charge is 2.11. The zero-order valence-corrected chi connectivity index (χ0v) is 11.8. The summed E-state index contributed by atoms with van der Waals surface area (Å²) in [5.41, 5.74) is 1.43. The summed E-state index contributed by atoms with van der Waals surface area (Å²) in [5.74, 6) is 0.626. The van der Waals surface area contributed by atoms with Gasteiger partial charge in [0.1, 0.15) is 11.9 Å². The zero-order valence-electron chi connectivity index (χ0n) is 10.3. The number of benzene rings is 1. The molecule has 1 aromatic heterocycles. The van der Waals surface area contributed by atoms with Gasteiger partial charge < -0.3 is 4.90 Å². The normalized spacial score (nSPS) is 10.0. The first-order valence-corrected chi connectivity index (χ1v) is 6.38. The van der Waals surface area contributed by atoms with Crippen molar-refractivity contribution in [1.29, 1.82) is 5.26 Å². The van der Waals surface area contributed by atoms with Crippen LogP contribution in [0.15, 0.2) is 36.5 Å². The molecule has 0 atom stereocenters. The van der Waals surface area contributed by atoms with Gasteiger partial charge in [0.2, 0.25) is 0 Å². The lowest BCUT2D eigenvalue weighted by Crippen LogP contribution is -2.19. The highest BCUT2D eigenvalue weighted by atomic mass is 35.5. The average Bonchev–Trinajstić information content (AvgIpc) is 2.43. The molecule has 96 valence electrons. The molecule has 2 rings (SSSR count). The number of anilines is 1. The molecule has 5 heteroatoms. The van der Waals surface area contributed by atoms with Crippen molar-refractivity contribution in [2.75, 3.05) is 11.9 Å². The molecule has 0 spiro atoms. The van der Waals surface area contributed by atoms with E-state index in [-0.39, 0.29) is 0 Å². The molecule has 0 bridgehead atoms. The van der Waals surface area contributed by atoms with Crippen LogP contribution >= 0.6 is 23.2 Å². The minimum atomic E-state index is 0.522. The molecule has 3 nitrogen and oxygen atoms in total. The topological polar surface area (TPSA) is 39.9 Å². The second kappa shape index (κ2) is 5.92. The van der Waals surface area contributed by atoms with Crippen molar-refractivity contribution in [2.45, 2.75) is 6.54 Å². The van der Waals surface area contributed by atoms with Gasteiger partial charge in [0.15, 0.2) is 0 Å². The molecule has 1 heterocycles. The molecule has 2 aromatic rings. The predicted molar refractivity (Wildman–Crippen MR) is 77.5 cm³/mol. The average molecular weight is 292 g/mol. The molecule has 0 unspecified atom stereocenters. The fourth-order valence-corrected chi connectivity index (χ4v) is 2.17. The van der Waals surface area contributed by atoms with E-state index in [9.17, 15) is 0 Å². The number of hydrogen-bond donors (Lipinski definition) is 0. The summed E-state index contributed by atoms with van der Waals surface area (Å²) in [4.78, 5) is 6.10. The third-order valence-electron chi connectivity index (χ3n) is 2.71. The van der Waals surface area contributed by atoms with Crippen LogP contribution in [0, 0.1) is 11.3 Å². The summed E-state index contributed by atoms with van der Waals surface area (Å²) in [6.07, 6.45) is 1.66. The Kier molecular flexibility index (Phi) is 4.26. The lowest BCUT2D eigenvalue weighted by Gasteiger charge is -2.20. The maximum Gasteiger partial charge on any atom is 0.146 e. The molecule has 0 radical (unpaired) electrons. The monoisotopic (exact) mass is 291 g/mol. The Labute approximate surface area is 122 Å². The van der Waals surface area contributed by atoms with Crippen molar-refractivity contribution in [3.63, 3.8) is 0 Å². The van der Waals surface area contributed by atoms with Gasteiger partial charge in [0.25, 0.3) is 0 Å². The number of halogens is 2. The van der Waals surface area contributed by atoms with Crippen molar-refractivity contribution < 1.29 is 0 Å². The molecular formula is C14H11Cl2N3. The smallest absolute Gasteiger partial charge is 0.146 e. The number of aromatic nitrogens is 1. The molecule has 0 aliphatic carbocycles. The first kappa shape index (κ1) is 13.7. The van der Waals surface area contributed by atoms with Gasteiger partial charge in [-0.2, -0.15) is 5.26 Å². The fraction of sp³-hybridized carbons (Fsp3) is 0.143. The Balaban J connectivity index is 2.29. The SMILES string of the molecule is CN(Cc1cccc(Cl)c1Cl)c1ncccc1C#N. The number of nitriles is 1. The number of nitrogens with zero attached hydrogens (tertiary/aromatic N) is 3. The number of rotatable bonds is 3. The van der Waals surface area contributed by atoms with Crippen LogP contribution in [0.4, 0.5) is 5.82 Å². The van der Waals surface area contributed by atoms with Gasteiger partial charge in [-0.05, 0) is 23.8 Å². The molecule has 0 N–H and O–H groups in total. The van der Waals surface area contributed by atoms with Crippen molar-refractivity contribution in [1.82, 2.24) is 4.98 Å². The molecule has 0 saturated carbocycles. The van der Waals surface area contributed by atoms with E-state index < -0.39 is 0 Å². The van der Waals surface area contributed by atoms with E-state index in [0.29, 0.717) is 28.0 Å². The lowest BCUT2D eigenvalue weighted by molar-refractivity contribution is 0.895. The molecule has 0 aliphatic heterocycles. The summed E-state index contributed by atoms with van der Waals surface area (Å²) < 4.78 is 0. The summed E-state index contributed by atoms with van der Waals surface area (Å²) in [6, 6.07) is 11.1. The first-order valence-electron chi connectivity index (χ1n) is 5.62. The van der Waals surface area contributed by atoms with Crippen LogP contribution in [0.5, 0.6) is 0 Å². The summed E-state index contributed by atoms with van der Waals surface area (Å²) in [5, 5.41) is 10.1. The van der Waals surface area contributed by atoms with E-state index in [4.69, 9.17) is 28.5 Å². The van der Waals surface area contributed by atoms with Gasteiger partial charge >= 0.3 is 0 Å². The summed E-state index contributed by atoms with van der Waals surface area (Å²) in [6.45, 7) is 0.533. The predicted octanol–water partition coefficient (Wildman–Crippen LogP) is 3.90. The van der Waals surface area contributed by atoms with E-state index in [1.54, 1.807) is 24.4 Å². The van der Waals surface area contributed by atoms with E-state index in [2.05, 4.69) is 11.1 Å². The molecule has 0 amide bonds. The zero-order chi connectivity index (χ0) is 13.8. The molecule has 19 heavy (non-hydrogen) atoms. The number of pyridine rings is 1. The Morgan fingerprint density at radius 1 is 1.26 bits per heavy atom. The van der Waals surface area contributed by atoms with Crippen LogP contribution in [0.2, 0.25) is 10.0 Å². The summed E-state index contributed by atoms with van der Waals surface area (Å²) >= 11 is 12.1. The van der Waals surface area contributed by atoms with Gasteiger partial charge in [-0.25, -0.2) is 4.98 Å². The minimum Gasteiger partial charge on any atom is -0.354 e. The molecule has 0 fully saturated rings. The Hall–Kier alpha value is -1.76. The number of hydrogen-bond acceptors (Lipinski definition) is 3. The molecular weight excluding hydrogens is 281 g/mol. The first-order chi connectivity index (χ1) is 9.13. The van der Waals surface area contributed by atoms with Crippen molar-refractivity contribution in [3.05, 3.63) is 57.7 Å². The van der Waals surface area contributed by atoms with Gasteiger partial charge in [-0.1, -0.05) is 35.3 Å². The Morgan fingerprint density at radius 2 is 2.05 bits per heavy atom. The van der Waals surface area contributed by atoms with Crippen molar-refractivity contribution in [2.24, 2.45) is 0 Å². The van der Waals surface area contributed by atoms with Crippen LogP contribution in [0.1, 0.15) is 11.1 Å². The van der Waals surface area contributed by atoms with E-state index in [0.717, 1.165) is 5.56 Å². The lowest BCUT2D eigenvalue weighted by atomic mass is 10.2. The highest BCUT2D eigenvalue weighted by molar-refractivity contribution is 6.42. The largest absolute Gasteiger partial charge is 0.354 e. The second-order valence-electron chi connectivity index (χ2n) is 4.06. The van der Waals surface area contributed by atoms with Crippen molar-refractivity contribution in [3.8, 4) is 6.07 Å². The van der Waals surface area contributed by atoms with Crippen LogP contribution in [0.3, 0.4) is 0 Å². The Bertz CT molecular complexity index is 635. The van der Waals surface area contributed by atoms with E-state index in [1.165, 1.54) is 0 Å². The maximum absolute atomic E-state index is 9.07. The minimum absolute atomic E-state index is 0.522. The van der Waals surface area contributed by atoms with Gasteiger partial charge in [-0.15, -0.1) is 0 Å². The van der Waals surface area contributed by atoms with E-state index in [1.807, 2.05) is 24.1 Å². The van der Waals surface area contributed by atoms with Gasteiger partial charge in [-0.3, -0.25) is 0 Å². The van der Waals surface area contributed by atoms with Crippen LogP contribution in [-0.2, 0) is 6.54 Å². The van der Waals surface area contributed by atoms with E-state index >= 15 is 0 Å². The van der Waals surface area contributed by atoms with Crippen LogP contribution in [-0.4, -0.2) is 12.0 Å². The Morgan fingerprint density at radius 3 is 2.79 bits per heavy atom. The maximum atomic E-state index is 9.07. The fourth-order valence-electron chi connectivity index (χ4n) is 1.79. The third-order valence-corrected chi connectivity index (χ3v) is 3.57. The van der Waals surface area contributed by atoms with Crippen LogP contribution in [0.25, 0.3) is 0 Å². The molecule has 0 saturated heterocycles. The van der Waals surface area contributed by atoms with Crippen LogP contribution < -0.4 is 4.90 Å². The summed E-state index contributed by atoms with van der Waals surface area (Å²) in [7, 11) is 1.86. The quantitative estimate of drug-likeness (QED) is 0.861. The van der Waals surface area contributed by atoms with Crippen molar-refractivity contribution >= 4 is 29.0 Å². The second-order valence-corrected chi connectivity index (χ2v) is 4.84.